The molecule has 0 fully saturated rings. The van der Waals surface area contributed by atoms with Gasteiger partial charge < -0.3 is 15.5 Å². The van der Waals surface area contributed by atoms with Crippen LogP contribution in [0, 0.1) is 0 Å². The van der Waals surface area contributed by atoms with Crippen molar-refractivity contribution in [3.05, 3.63) is 48.5 Å². The van der Waals surface area contributed by atoms with E-state index in [1.807, 2.05) is 6.07 Å². The molecule has 9 heteroatoms. The summed E-state index contributed by atoms with van der Waals surface area (Å²) in [6.07, 6.45) is 1.32. The number of nitrogens with one attached hydrogen (secondary N) is 2. The van der Waals surface area contributed by atoms with Gasteiger partial charge in [-0.15, -0.1) is 0 Å². The van der Waals surface area contributed by atoms with Crippen LogP contribution in [0.3, 0.4) is 0 Å². The van der Waals surface area contributed by atoms with Crippen molar-refractivity contribution in [1.29, 1.82) is 0 Å². The van der Waals surface area contributed by atoms with Crippen molar-refractivity contribution < 1.29 is 23.4 Å². The Bertz CT molecular complexity index is 1170. The Morgan fingerprint density at radius 1 is 1.00 bits per heavy atom. The summed E-state index contributed by atoms with van der Waals surface area (Å²) in [6.45, 7) is 3.51. The van der Waals surface area contributed by atoms with Crippen LogP contribution in [-0.4, -0.2) is 40.9 Å². The van der Waals surface area contributed by atoms with Gasteiger partial charge >= 0.3 is 0 Å². The third-order valence-electron chi connectivity index (χ3n) is 4.98. The molecule has 0 aliphatic rings. The molecule has 2 aromatic carbocycles. The van der Waals surface area contributed by atoms with E-state index in [9.17, 15) is 23.4 Å². The maximum Gasteiger partial charge on any atom is 0.224 e. The van der Waals surface area contributed by atoms with Crippen LogP contribution >= 0.6 is 0 Å². The zero-order chi connectivity index (χ0) is 22.6. The summed E-state index contributed by atoms with van der Waals surface area (Å²) in [7, 11) is -3.29. The molecule has 0 spiro atoms. The van der Waals surface area contributed by atoms with E-state index >= 15 is 0 Å². The van der Waals surface area contributed by atoms with Crippen LogP contribution in [0.25, 0.3) is 16.5 Å². The van der Waals surface area contributed by atoms with Crippen molar-refractivity contribution in [2.45, 2.75) is 38.4 Å². The Labute approximate surface area is 181 Å². The highest BCUT2D eigenvalue weighted by Crippen LogP contribution is 2.39. The lowest BCUT2D eigenvalue weighted by molar-refractivity contribution is -0.116. The fraction of sp³-hybridized carbons (Fsp3) is 0.318. The molecule has 8 nitrogen and oxygen atoms in total. The fourth-order valence-electron chi connectivity index (χ4n) is 3.18. The van der Waals surface area contributed by atoms with Gasteiger partial charge in [-0.3, -0.25) is 9.36 Å². The Morgan fingerprint density at radius 3 is 2.35 bits per heavy atom. The Morgan fingerprint density at radius 2 is 1.68 bits per heavy atom. The summed E-state index contributed by atoms with van der Waals surface area (Å²) in [5, 5.41) is 24.3. The zero-order valence-electron chi connectivity index (χ0n) is 17.5. The van der Waals surface area contributed by atoms with Gasteiger partial charge in [-0.05, 0) is 57.0 Å². The van der Waals surface area contributed by atoms with Crippen LogP contribution < -0.4 is 10.0 Å². The minimum atomic E-state index is -3.29. The second-order valence-corrected chi connectivity index (χ2v) is 9.89. The first kappa shape index (κ1) is 22.6. The molecule has 0 saturated heterocycles. The number of anilines is 1. The molecule has 3 rings (SSSR count). The predicted octanol–water partition coefficient (Wildman–Crippen LogP) is 3.48. The second kappa shape index (κ2) is 9.40. The molecular formula is C22H27N3O5S. The standard InChI is InChI=1S/C22H27N3O5S/c1-15(2)31(29,30)23-13-7-6-10-20(26)24-16-11-12-18-19(14-16)22(28)25(21(18)27)17-8-4-3-5-9-17/h3-5,8-9,11-12,14-15,23,27-28H,6-7,10,13H2,1-2H3,(H,24,26). The van der Waals surface area contributed by atoms with Gasteiger partial charge in [0.1, 0.15) is 0 Å². The Hall–Kier alpha value is -3.04. The van der Waals surface area contributed by atoms with Crippen molar-refractivity contribution in [3.63, 3.8) is 0 Å². The quantitative estimate of drug-likeness (QED) is 0.376. The molecule has 1 amide bonds. The predicted molar refractivity (Wildman–Crippen MR) is 121 cm³/mol. The van der Waals surface area contributed by atoms with Gasteiger partial charge in [-0.2, -0.15) is 0 Å². The molecular weight excluding hydrogens is 418 g/mol. The average molecular weight is 446 g/mol. The summed E-state index contributed by atoms with van der Waals surface area (Å²) in [5.41, 5.74) is 1.12. The molecule has 166 valence electrons. The molecule has 0 aliphatic carbocycles. The highest BCUT2D eigenvalue weighted by molar-refractivity contribution is 7.90. The van der Waals surface area contributed by atoms with E-state index in [0.29, 0.717) is 41.5 Å². The first-order chi connectivity index (χ1) is 14.7. The summed E-state index contributed by atoms with van der Waals surface area (Å²) < 4.78 is 27.2. The van der Waals surface area contributed by atoms with E-state index in [4.69, 9.17) is 0 Å². The van der Waals surface area contributed by atoms with Gasteiger partial charge in [0, 0.05) is 29.4 Å². The number of unbranched alkanes of at least 4 members (excludes halogenated alkanes) is 1. The number of sulfonamides is 1. The van der Waals surface area contributed by atoms with E-state index in [1.54, 1.807) is 56.3 Å². The number of benzene rings is 2. The lowest BCUT2D eigenvalue weighted by atomic mass is 10.2. The van der Waals surface area contributed by atoms with Gasteiger partial charge in [0.05, 0.1) is 10.9 Å². The van der Waals surface area contributed by atoms with Gasteiger partial charge in [0.15, 0.2) is 0 Å². The number of aromatic hydroxyl groups is 2. The monoisotopic (exact) mass is 445 g/mol. The Kier molecular flexibility index (Phi) is 6.87. The van der Waals surface area contributed by atoms with Crippen LogP contribution in [0.4, 0.5) is 5.69 Å². The lowest BCUT2D eigenvalue weighted by Crippen LogP contribution is -2.31. The number of nitrogens with zero attached hydrogens (tertiary/aromatic N) is 1. The number of carbonyl (C=O) groups excluding carboxylic acids is 1. The maximum absolute atomic E-state index is 12.2. The van der Waals surface area contributed by atoms with Crippen molar-refractivity contribution >= 4 is 32.4 Å². The summed E-state index contributed by atoms with van der Waals surface area (Å²) in [4.78, 5) is 12.2. The lowest BCUT2D eigenvalue weighted by Gasteiger charge is -2.09. The van der Waals surface area contributed by atoms with Crippen LogP contribution in [0.1, 0.15) is 33.1 Å². The van der Waals surface area contributed by atoms with Crippen LogP contribution in [0.2, 0.25) is 0 Å². The number of carbonyl (C=O) groups is 1. The molecule has 1 heterocycles. The van der Waals surface area contributed by atoms with Crippen LogP contribution in [0.15, 0.2) is 48.5 Å². The van der Waals surface area contributed by atoms with Gasteiger partial charge in [-0.1, -0.05) is 18.2 Å². The highest BCUT2D eigenvalue weighted by atomic mass is 32.2. The van der Waals surface area contributed by atoms with Gasteiger partial charge in [0.2, 0.25) is 27.7 Å². The summed E-state index contributed by atoms with van der Waals surface area (Å²) in [6, 6.07) is 13.9. The largest absolute Gasteiger partial charge is 0.494 e. The Balaban J connectivity index is 1.62. The van der Waals surface area contributed by atoms with Crippen molar-refractivity contribution in [2.75, 3.05) is 11.9 Å². The topological polar surface area (TPSA) is 121 Å². The smallest absolute Gasteiger partial charge is 0.224 e. The average Bonchev–Trinajstić information content (AvgIpc) is 2.98. The van der Waals surface area contributed by atoms with Crippen molar-refractivity contribution in [1.82, 2.24) is 9.29 Å². The third kappa shape index (κ3) is 5.18. The van der Waals surface area contributed by atoms with E-state index in [-0.39, 0.29) is 24.1 Å². The number of rotatable bonds is 9. The molecule has 4 N–H and O–H groups in total. The number of hydrogen-bond acceptors (Lipinski definition) is 5. The van der Waals surface area contributed by atoms with Crippen molar-refractivity contribution in [2.24, 2.45) is 0 Å². The molecule has 0 saturated carbocycles. The summed E-state index contributed by atoms with van der Waals surface area (Å²) >= 11 is 0. The molecule has 3 aromatic rings. The van der Waals surface area contributed by atoms with Crippen LogP contribution in [-0.2, 0) is 14.8 Å². The van der Waals surface area contributed by atoms with Gasteiger partial charge in [0.25, 0.3) is 0 Å². The molecule has 1 aromatic heterocycles. The van der Waals surface area contributed by atoms with E-state index in [1.165, 1.54) is 4.57 Å². The number of para-hydroxylation sites is 1. The third-order valence-corrected chi connectivity index (χ3v) is 6.83. The molecule has 0 radical (unpaired) electrons. The van der Waals surface area contributed by atoms with Crippen LogP contribution in [0.5, 0.6) is 11.8 Å². The number of fused-ring (bicyclic) bond motifs is 1. The number of hydrogen-bond donors (Lipinski definition) is 4. The van der Waals surface area contributed by atoms with E-state index in [0.717, 1.165) is 0 Å². The molecule has 0 bridgehead atoms. The van der Waals surface area contributed by atoms with E-state index in [2.05, 4.69) is 10.0 Å². The molecule has 0 atom stereocenters. The second-order valence-electron chi connectivity index (χ2n) is 7.57. The first-order valence-electron chi connectivity index (χ1n) is 10.1. The fourth-order valence-corrected chi connectivity index (χ4v) is 3.94. The SMILES string of the molecule is CC(C)S(=O)(=O)NCCCCC(=O)Nc1ccc2c(O)n(-c3ccccc3)c(O)c2c1. The molecule has 0 unspecified atom stereocenters. The highest BCUT2D eigenvalue weighted by Gasteiger charge is 2.18. The zero-order valence-corrected chi connectivity index (χ0v) is 18.3. The molecule has 31 heavy (non-hydrogen) atoms. The first-order valence-corrected chi connectivity index (χ1v) is 11.7. The minimum absolute atomic E-state index is 0.0829. The molecule has 0 aliphatic heterocycles. The van der Waals surface area contributed by atoms with Gasteiger partial charge in [-0.25, -0.2) is 13.1 Å². The maximum atomic E-state index is 12.2. The minimum Gasteiger partial charge on any atom is -0.494 e. The normalized spacial score (nSPS) is 11.8. The number of amides is 1. The van der Waals surface area contributed by atoms with Crippen molar-refractivity contribution in [3.8, 4) is 17.4 Å². The van der Waals surface area contributed by atoms with E-state index < -0.39 is 15.3 Å². The summed E-state index contributed by atoms with van der Waals surface area (Å²) in [5.74, 6) is -0.412. The number of aromatic nitrogens is 1.